The number of nitrogens with zero attached hydrogens (tertiary/aromatic N) is 1. The van der Waals surface area contributed by atoms with E-state index in [0.717, 1.165) is 55.5 Å². The first kappa shape index (κ1) is 33.2. The third-order valence-electron chi connectivity index (χ3n) is 12.5. The van der Waals surface area contributed by atoms with Gasteiger partial charge < -0.3 is 9.32 Å². The molecule has 0 spiro atoms. The molecule has 0 atom stereocenters. The Labute approximate surface area is 340 Å². The van der Waals surface area contributed by atoms with E-state index in [9.17, 15) is 0 Å². The second-order valence-electron chi connectivity index (χ2n) is 16.1. The highest BCUT2D eigenvalue weighted by Gasteiger charge is 2.36. The molecule has 0 fully saturated rings. The van der Waals surface area contributed by atoms with Gasteiger partial charge in [0.25, 0.3) is 0 Å². The monoisotopic (exact) mass is 759 g/mol. The Bertz CT molecular complexity index is 3420. The van der Waals surface area contributed by atoms with E-state index in [4.69, 9.17) is 4.42 Å². The minimum absolute atomic E-state index is 0.0413. The summed E-state index contributed by atoms with van der Waals surface area (Å²) in [5.41, 5.74) is 15.3. The van der Waals surface area contributed by atoms with Crippen molar-refractivity contribution in [3.63, 3.8) is 0 Å². The largest absolute Gasteiger partial charge is 0.455 e. The summed E-state index contributed by atoms with van der Waals surface area (Å²) in [6, 6.07) is 68.8. The standard InChI is InChI=1S/C55H37NOS/c1-55(2)48-18-7-5-14-47(48)52-40(15-10-19-49(52)55)35-21-26-37(27-22-35)56(39-30-32-44-43-13-6-8-20-50(43)58-51(44)33-39)38-28-23-36(24-29-38)42-16-9-17-45-46-31-25-34-11-3-4-12-41(34)54(46)57-53(42)45/h3-33H,1-2H3. The van der Waals surface area contributed by atoms with Gasteiger partial charge in [-0.25, -0.2) is 0 Å². The first-order valence-electron chi connectivity index (χ1n) is 20.0. The highest BCUT2D eigenvalue weighted by atomic mass is 32.1. The average molecular weight is 760 g/mol. The van der Waals surface area contributed by atoms with Crippen LogP contribution in [0.15, 0.2) is 192 Å². The van der Waals surface area contributed by atoms with E-state index in [1.54, 1.807) is 0 Å². The van der Waals surface area contributed by atoms with E-state index in [2.05, 4.69) is 207 Å². The number of hydrogen-bond acceptors (Lipinski definition) is 3. The van der Waals surface area contributed by atoms with Crippen molar-refractivity contribution in [3.05, 3.63) is 199 Å². The van der Waals surface area contributed by atoms with Crippen LogP contribution < -0.4 is 4.90 Å². The molecule has 3 heteroatoms. The molecule has 12 rings (SSSR count). The van der Waals surface area contributed by atoms with Crippen molar-refractivity contribution in [1.29, 1.82) is 0 Å². The second kappa shape index (κ2) is 12.5. The number of fused-ring (bicyclic) bond motifs is 11. The predicted octanol–water partition coefficient (Wildman–Crippen LogP) is 16.2. The third kappa shape index (κ3) is 4.90. The number of hydrogen-bond donors (Lipinski definition) is 0. The van der Waals surface area contributed by atoms with E-state index in [-0.39, 0.29) is 5.41 Å². The van der Waals surface area contributed by atoms with Crippen molar-refractivity contribution in [2.24, 2.45) is 0 Å². The van der Waals surface area contributed by atoms with E-state index in [0.29, 0.717) is 0 Å². The summed E-state index contributed by atoms with van der Waals surface area (Å²) in [7, 11) is 0. The zero-order valence-corrected chi connectivity index (χ0v) is 33.0. The van der Waals surface area contributed by atoms with Gasteiger partial charge in [0, 0.05) is 64.4 Å². The van der Waals surface area contributed by atoms with E-state index in [1.807, 2.05) is 11.3 Å². The van der Waals surface area contributed by atoms with Gasteiger partial charge >= 0.3 is 0 Å². The van der Waals surface area contributed by atoms with Gasteiger partial charge in [0.05, 0.1) is 0 Å². The molecular weight excluding hydrogens is 723 g/mol. The Morgan fingerprint density at radius 1 is 0.414 bits per heavy atom. The molecular formula is C55H37NOS. The summed E-state index contributed by atoms with van der Waals surface area (Å²) in [4.78, 5) is 2.39. The van der Waals surface area contributed by atoms with Crippen molar-refractivity contribution in [1.82, 2.24) is 0 Å². The Morgan fingerprint density at radius 3 is 1.81 bits per heavy atom. The zero-order valence-electron chi connectivity index (χ0n) is 32.2. The third-order valence-corrected chi connectivity index (χ3v) is 13.6. The first-order valence-corrected chi connectivity index (χ1v) is 20.8. The average Bonchev–Trinajstić information content (AvgIpc) is 3.92. The van der Waals surface area contributed by atoms with Crippen LogP contribution in [0.2, 0.25) is 0 Å². The van der Waals surface area contributed by atoms with Crippen LogP contribution >= 0.6 is 11.3 Å². The molecule has 1 aliphatic rings. The van der Waals surface area contributed by atoms with Crippen LogP contribution in [0.4, 0.5) is 17.1 Å². The van der Waals surface area contributed by atoms with Crippen LogP contribution in [-0.2, 0) is 5.41 Å². The Hall–Kier alpha value is -6.94. The summed E-state index contributed by atoms with van der Waals surface area (Å²) >= 11 is 1.85. The maximum Gasteiger partial charge on any atom is 0.143 e. The van der Waals surface area contributed by atoms with Gasteiger partial charge in [-0.2, -0.15) is 0 Å². The van der Waals surface area contributed by atoms with Crippen molar-refractivity contribution >= 4 is 81.3 Å². The molecule has 0 radical (unpaired) electrons. The van der Waals surface area contributed by atoms with Gasteiger partial charge in [-0.05, 0) is 92.9 Å². The summed E-state index contributed by atoms with van der Waals surface area (Å²) in [5, 5.41) is 7.21. The quantitative estimate of drug-likeness (QED) is 0.174. The minimum Gasteiger partial charge on any atom is -0.455 e. The van der Waals surface area contributed by atoms with Gasteiger partial charge in [-0.15, -0.1) is 11.3 Å². The van der Waals surface area contributed by atoms with Crippen molar-refractivity contribution < 1.29 is 4.42 Å². The molecule has 0 saturated carbocycles. The molecule has 0 unspecified atom stereocenters. The minimum atomic E-state index is -0.0413. The lowest BCUT2D eigenvalue weighted by atomic mass is 9.82. The molecule has 1 aliphatic carbocycles. The molecule has 2 aromatic heterocycles. The summed E-state index contributed by atoms with van der Waals surface area (Å²) in [6.07, 6.45) is 0. The van der Waals surface area contributed by atoms with Gasteiger partial charge in [0.15, 0.2) is 0 Å². The maximum atomic E-state index is 6.73. The fourth-order valence-corrected chi connectivity index (χ4v) is 10.8. The van der Waals surface area contributed by atoms with E-state index >= 15 is 0 Å². The molecule has 11 aromatic rings. The smallest absolute Gasteiger partial charge is 0.143 e. The summed E-state index contributed by atoms with van der Waals surface area (Å²) in [6.45, 7) is 4.69. The van der Waals surface area contributed by atoms with E-state index < -0.39 is 0 Å². The lowest BCUT2D eigenvalue weighted by Crippen LogP contribution is -2.14. The Kier molecular flexibility index (Phi) is 7.18. The van der Waals surface area contributed by atoms with Crippen molar-refractivity contribution in [2.45, 2.75) is 19.3 Å². The van der Waals surface area contributed by atoms with Crippen LogP contribution in [0.1, 0.15) is 25.0 Å². The Morgan fingerprint density at radius 2 is 0.983 bits per heavy atom. The fourth-order valence-electron chi connectivity index (χ4n) is 9.63. The van der Waals surface area contributed by atoms with Crippen LogP contribution in [-0.4, -0.2) is 0 Å². The molecule has 2 nitrogen and oxygen atoms in total. The maximum absolute atomic E-state index is 6.73. The predicted molar refractivity (Wildman–Crippen MR) is 247 cm³/mol. The number of thiophene rings is 1. The van der Waals surface area contributed by atoms with Crippen LogP contribution in [0.3, 0.4) is 0 Å². The molecule has 0 bridgehead atoms. The number of benzene rings is 9. The molecule has 0 N–H and O–H groups in total. The second-order valence-corrected chi connectivity index (χ2v) is 17.1. The first-order chi connectivity index (χ1) is 28.5. The SMILES string of the molecule is CC1(C)c2ccccc2-c2c(-c3ccc(N(c4ccc(-c5cccc6c5oc5c7ccccc7ccc65)cc4)c4ccc5c(c4)sc4ccccc45)cc3)cccc21. The van der Waals surface area contributed by atoms with Gasteiger partial charge in [-0.3, -0.25) is 0 Å². The van der Waals surface area contributed by atoms with E-state index in [1.165, 1.54) is 58.9 Å². The van der Waals surface area contributed by atoms with Gasteiger partial charge in [0.2, 0.25) is 0 Å². The lowest BCUT2D eigenvalue weighted by Gasteiger charge is -2.26. The topological polar surface area (TPSA) is 16.4 Å². The molecule has 58 heavy (non-hydrogen) atoms. The zero-order chi connectivity index (χ0) is 38.5. The highest BCUT2D eigenvalue weighted by Crippen LogP contribution is 2.52. The summed E-state index contributed by atoms with van der Waals surface area (Å²) < 4.78 is 9.32. The van der Waals surface area contributed by atoms with Crippen LogP contribution in [0, 0.1) is 0 Å². The molecule has 0 saturated heterocycles. The Balaban J connectivity index is 0.979. The van der Waals surface area contributed by atoms with Crippen molar-refractivity contribution in [2.75, 3.05) is 4.90 Å². The van der Waals surface area contributed by atoms with Gasteiger partial charge in [0.1, 0.15) is 11.2 Å². The lowest BCUT2D eigenvalue weighted by molar-refractivity contribution is 0.660. The number of para-hydroxylation sites is 1. The number of furan rings is 1. The summed E-state index contributed by atoms with van der Waals surface area (Å²) in [5.74, 6) is 0. The van der Waals surface area contributed by atoms with Crippen LogP contribution in [0.25, 0.3) is 86.3 Å². The van der Waals surface area contributed by atoms with Gasteiger partial charge in [-0.1, -0.05) is 153 Å². The molecule has 2 heterocycles. The molecule has 9 aromatic carbocycles. The fraction of sp³-hybridized carbons (Fsp3) is 0.0545. The number of anilines is 3. The normalized spacial score (nSPS) is 13.1. The highest BCUT2D eigenvalue weighted by molar-refractivity contribution is 7.25. The molecule has 274 valence electrons. The van der Waals surface area contributed by atoms with Crippen LogP contribution in [0.5, 0.6) is 0 Å². The molecule has 0 amide bonds. The van der Waals surface area contributed by atoms with Crippen molar-refractivity contribution in [3.8, 4) is 33.4 Å². The molecule has 0 aliphatic heterocycles. The number of rotatable bonds is 5.